The Morgan fingerprint density at radius 2 is 1.94 bits per heavy atom. The molecular weight excluding hydrogens is 470 g/mol. The highest BCUT2D eigenvalue weighted by molar-refractivity contribution is 7.08. The summed E-state index contributed by atoms with van der Waals surface area (Å²) in [5, 5.41) is 7.64. The molecule has 2 heterocycles. The normalized spacial score (nSPS) is 15.9. The summed E-state index contributed by atoms with van der Waals surface area (Å²) in [4.78, 5) is 44.6. The van der Waals surface area contributed by atoms with Gasteiger partial charge >= 0.3 is 5.97 Å². The molecule has 1 N–H and O–H groups in total. The maximum atomic E-state index is 13.2. The Labute approximate surface area is 209 Å². The lowest BCUT2D eigenvalue weighted by Gasteiger charge is -2.37. The smallest absolute Gasteiger partial charge is 0.340 e. The van der Waals surface area contributed by atoms with E-state index in [1.54, 1.807) is 28.0 Å². The predicted octanol–water partition coefficient (Wildman–Crippen LogP) is 4.14. The van der Waals surface area contributed by atoms with Crippen LogP contribution in [0.4, 0.5) is 11.4 Å². The molecule has 9 nitrogen and oxygen atoms in total. The summed E-state index contributed by atoms with van der Waals surface area (Å²) >= 11 is 1.28. The summed E-state index contributed by atoms with van der Waals surface area (Å²) in [6.45, 7) is 6.19. The van der Waals surface area contributed by atoms with Crippen molar-refractivity contribution >= 4 is 40.5 Å². The van der Waals surface area contributed by atoms with Gasteiger partial charge in [-0.25, -0.2) is 14.7 Å². The molecule has 1 aromatic heterocycles. The van der Waals surface area contributed by atoms with Crippen LogP contribution >= 0.6 is 11.3 Å². The van der Waals surface area contributed by atoms with Crippen molar-refractivity contribution in [2.45, 2.75) is 45.3 Å². The van der Waals surface area contributed by atoms with E-state index in [0.717, 1.165) is 5.69 Å². The highest BCUT2D eigenvalue weighted by Crippen LogP contribution is 2.32. The van der Waals surface area contributed by atoms with E-state index < -0.39 is 17.5 Å². The Kier molecular flexibility index (Phi) is 8.22. The van der Waals surface area contributed by atoms with Crippen molar-refractivity contribution in [2.24, 2.45) is 0 Å². The predicted molar refractivity (Wildman–Crippen MR) is 135 cm³/mol. The Morgan fingerprint density at radius 1 is 1.20 bits per heavy atom. The summed E-state index contributed by atoms with van der Waals surface area (Å²) < 4.78 is 11.1. The quantitative estimate of drug-likeness (QED) is 0.447. The van der Waals surface area contributed by atoms with Crippen LogP contribution in [0, 0.1) is 0 Å². The maximum Gasteiger partial charge on any atom is 0.340 e. The minimum atomic E-state index is -0.529. The van der Waals surface area contributed by atoms with Crippen molar-refractivity contribution in [3.63, 3.8) is 0 Å². The summed E-state index contributed by atoms with van der Waals surface area (Å²) in [6, 6.07) is 5.28. The molecule has 1 aliphatic heterocycles. The van der Waals surface area contributed by atoms with Crippen LogP contribution in [0.2, 0.25) is 0 Å². The molecule has 1 aliphatic rings. The van der Waals surface area contributed by atoms with Gasteiger partial charge in [0.25, 0.3) is 5.91 Å². The molecule has 0 saturated carbocycles. The number of nitrogens with zero attached hydrogens (tertiary/aromatic N) is 2. The number of esters is 1. The third kappa shape index (κ3) is 6.63. The number of carbonyl (C=O) groups excluding carboxylic acids is 3. The fourth-order valence-corrected chi connectivity index (χ4v) is 4.29. The first-order valence-electron chi connectivity index (χ1n) is 11.2. The van der Waals surface area contributed by atoms with Crippen LogP contribution < -0.4 is 15.0 Å². The maximum absolute atomic E-state index is 13.2. The van der Waals surface area contributed by atoms with Gasteiger partial charge in [-0.2, -0.15) is 0 Å². The van der Waals surface area contributed by atoms with Crippen molar-refractivity contribution in [3.8, 4) is 5.75 Å². The molecule has 1 unspecified atom stereocenters. The number of methoxy groups -OCH3 is 1. The number of hydroxylamine groups is 2. The third-order valence-corrected chi connectivity index (χ3v) is 5.96. The third-order valence-electron chi connectivity index (χ3n) is 5.21. The second-order valence-electron chi connectivity index (χ2n) is 9.31. The number of thiophene rings is 1. The van der Waals surface area contributed by atoms with Crippen LogP contribution in [0.5, 0.6) is 5.75 Å². The molecule has 0 radical (unpaired) electrons. The molecule has 188 valence electrons. The van der Waals surface area contributed by atoms with Gasteiger partial charge in [0.05, 0.1) is 29.5 Å². The summed E-state index contributed by atoms with van der Waals surface area (Å²) in [5.41, 5.74) is 1.72. The molecule has 1 fully saturated rings. The number of anilines is 2. The fraction of sp³-hybridized carbons (Fsp3) is 0.440. The van der Waals surface area contributed by atoms with Crippen LogP contribution in [-0.4, -0.2) is 62.3 Å². The zero-order chi connectivity index (χ0) is 25.8. The monoisotopic (exact) mass is 501 g/mol. The van der Waals surface area contributed by atoms with E-state index >= 15 is 0 Å². The standard InChI is InChI=1S/C25H31N3O6S/c1-25(2,3)34-28-10-9-18(11-17(28)13-29)33-22-12-16(27(4)5)7-8-19(22)23(30)26-21-15-35-14-20(21)24(31)32-6/h7-8,12,14-15,18H,9-11H2,1-6H3,(H,26,30). The largest absolute Gasteiger partial charge is 0.489 e. The van der Waals surface area contributed by atoms with Gasteiger partial charge in [-0.1, -0.05) is 0 Å². The first-order chi connectivity index (χ1) is 16.5. The fourth-order valence-electron chi connectivity index (χ4n) is 3.55. The number of hydrogen-bond acceptors (Lipinski definition) is 9. The van der Waals surface area contributed by atoms with Crippen LogP contribution in [0.15, 0.2) is 34.7 Å². The molecule has 0 bridgehead atoms. The molecule has 1 saturated heterocycles. The zero-order valence-corrected chi connectivity index (χ0v) is 21.7. The molecule has 2 aromatic rings. The molecule has 10 heteroatoms. The molecular formula is C25H31N3O6S. The Balaban J connectivity index is 1.84. The Bertz CT molecular complexity index is 1130. The second-order valence-corrected chi connectivity index (χ2v) is 10.1. The van der Waals surface area contributed by atoms with Crippen molar-refractivity contribution in [2.75, 3.05) is 38.0 Å². The van der Waals surface area contributed by atoms with Crippen molar-refractivity contribution in [3.05, 3.63) is 45.8 Å². The van der Waals surface area contributed by atoms with Gasteiger partial charge in [-0.05, 0) is 32.9 Å². The highest BCUT2D eigenvalue weighted by Gasteiger charge is 2.30. The molecule has 35 heavy (non-hydrogen) atoms. The van der Waals surface area contributed by atoms with E-state index in [2.05, 4.69) is 5.32 Å². The van der Waals surface area contributed by atoms with E-state index in [1.165, 1.54) is 18.4 Å². The molecule has 0 spiro atoms. The van der Waals surface area contributed by atoms with Crippen LogP contribution in [-0.2, 0) is 14.4 Å². The summed E-state index contributed by atoms with van der Waals surface area (Å²) in [5.74, 6) is 1.40. The topological polar surface area (TPSA) is 97.4 Å². The Morgan fingerprint density at radius 3 is 2.57 bits per heavy atom. The van der Waals surface area contributed by atoms with Gasteiger partial charge in [-0.3, -0.25) is 9.63 Å². The summed E-state index contributed by atoms with van der Waals surface area (Å²) in [7, 11) is 5.07. The van der Waals surface area contributed by atoms with Gasteiger partial charge in [0.15, 0.2) is 0 Å². The number of amides is 1. The van der Waals surface area contributed by atoms with E-state index in [4.69, 9.17) is 14.3 Å². The second kappa shape index (κ2) is 10.9. The lowest BCUT2D eigenvalue weighted by Crippen LogP contribution is -2.41. The number of hydrogen-bond donors (Lipinski definition) is 1. The number of benzene rings is 1. The summed E-state index contributed by atoms with van der Waals surface area (Å²) in [6.07, 6.45) is 0.539. The zero-order valence-electron chi connectivity index (χ0n) is 20.8. The first-order valence-corrected chi connectivity index (χ1v) is 12.1. The van der Waals surface area contributed by atoms with Gasteiger partial charge in [0, 0.05) is 56.0 Å². The van der Waals surface area contributed by atoms with Gasteiger partial charge in [0.2, 0.25) is 0 Å². The minimum Gasteiger partial charge on any atom is -0.489 e. The average Bonchev–Trinajstić information content (AvgIpc) is 3.26. The first kappa shape index (κ1) is 26.3. The lowest BCUT2D eigenvalue weighted by atomic mass is 10.1. The molecule has 1 aromatic carbocycles. The van der Waals surface area contributed by atoms with Gasteiger partial charge < -0.3 is 19.7 Å². The highest BCUT2D eigenvalue weighted by atomic mass is 32.1. The molecule has 1 atom stereocenters. The average molecular weight is 502 g/mol. The minimum absolute atomic E-state index is 0.283. The number of ether oxygens (including phenoxy) is 2. The number of nitrogens with one attached hydrogen (secondary N) is 1. The number of rotatable bonds is 7. The van der Waals surface area contributed by atoms with E-state index in [-0.39, 0.29) is 11.7 Å². The lowest BCUT2D eigenvalue weighted by molar-refractivity contribution is -0.217. The van der Waals surface area contributed by atoms with Crippen LogP contribution in [0.3, 0.4) is 0 Å². The van der Waals surface area contributed by atoms with Crippen molar-refractivity contribution in [1.82, 2.24) is 5.06 Å². The van der Waals surface area contributed by atoms with Crippen molar-refractivity contribution < 1.29 is 28.7 Å². The van der Waals surface area contributed by atoms with E-state index in [9.17, 15) is 14.4 Å². The van der Waals surface area contributed by atoms with E-state index in [1.807, 2.05) is 51.8 Å². The molecule has 0 aliphatic carbocycles. The van der Waals surface area contributed by atoms with E-state index in [0.29, 0.717) is 42.1 Å². The van der Waals surface area contributed by atoms with Crippen LogP contribution in [0.1, 0.15) is 54.3 Å². The SMILES string of the molecule is COC(=O)c1cscc1NC(=O)c1ccc(N(C)C)cc1OC1CCN(OC(C)(C)C)C(=C=O)C1. The van der Waals surface area contributed by atoms with Gasteiger partial charge in [0.1, 0.15) is 23.5 Å². The Hall–Kier alpha value is -3.33. The molecule has 3 rings (SSSR count). The van der Waals surface area contributed by atoms with Crippen molar-refractivity contribution in [1.29, 1.82) is 0 Å². The number of carbonyl (C=O) groups is 2. The molecule has 1 amide bonds. The van der Waals surface area contributed by atoms with Crippen LogP contribution in [0.25, 0.3) is 0 Å². The van der Waals surface area contributed by atoms with Gasteiger partial charge in [-0.15, -0.1) is 11.3 Å². The number of piperidine rings is 1.